The van der Waals surface area contributed by atoms with E-state index in [4.69, 9.17) is 0 Å². The Labute approximate surface area is 206 Å². The zero-order chi connectivity index (χ0) is 25.0. The topological polar surface area (TPSA) is 104 Å². The molecule has 2 aromatic carbocycles. The second-order valence-corrected chi connectivity index (χ2v) is 10.9. The number of carbonyl (C=O) groups excluding carboxylic acids is 3. The number of benzene rings is 2. The summed E-state index contributed by atoms with van der Waals surface area (Å²) < 4.78 is 26.6. The highest BCUT2D eigenvalue weighted by atomic mass is 32.2. The number of rotatable bonds is 9. The van der Waals surface area contributed by atoms with E-state index in [1.54, 1.807) is 12.1 Å². The summed E-state index contributed by atoms with van der Waals surface area (Å²) in [5.41, 5.74) is 1.05. The first kappa shape index (κ1) is 24.9. The molecular weight excluding hydrogens is 466 g/mol. The molecule has 0 saturated heterocycles. The lowest BCUT2D eigenvalue weighted by Gasteiger charge is -2.32. The fourth-order valence-electron chi connectivity index (χ4n) is 4.86. The van der Waals surface area contributed by atoms with Crippen molar-refractivity contribution in [2.75, 3.05) is 13.1 Å². The fourth-order valence-corrected chi connectivity index (χ4v) is 6.38. The molecular formula is C26H31N3O5S. The van der Waals surface area contributed by atoms with E-state index in [2.05, 4.69) is 5.32 Å². The lowest BCUT2D eigenvalue weighted by Crippen LogP contribution is -2.54. The number of amides is 3. The smallest absolute Gasteiger partial charge is 0.269 e. The first-order chi connectivity index (χ1) is 16.8. The Balaban J connectivity index is 1.56. The van der Waals surface area contributed by atoms with Crippen LogP contribution < -0.4 is 5.32 Å². The Morgan fingerprint density at radius 3 is 2.37 bits per heavy atom. The van der Waals surface area contributed by atoms with E-state index in [0.29, 0.717) is 17.1 Å². The number of fused-ring (bicyclic) bond motifs is 1. The van der Waals surface area contributed by atoms with Gasteiger partial charge in [0, 0.05) is 12.6 Å². The average molecular weight is 498 g/mol. The maximum Gasteiger partial charge on any atom is 0.269 e. The van der Waals surface area contributed by atoms with E-state index >= 15 is 0 Å². The van der Waals surface area contributed by atoms with Crippen molar-refractivity contribution >= 4 is 27.7 Å². The predicted molar refractivity (Wildman–Crippen MR) is 131 cm³/mol. The zero-order valence-corrected chi connectivity index (χ0v) is 20.7. The molecule has 9 heteroatoms. The summed E-state index contributed by atoms with van der Waals surface area (Å²) in [6.07, 6.45) is 4.83. The lowest BCUT2D eigenvalue weighted by atomic mass is 10.1. The molecule has 0 aromatic heterocycles. The van der Waals surface area contributed by atoms with Gasteiger partial charge in [0.05, 0.1) is 5.56 Å². The molecule has 186 valence electrons. The van der Waals surface area contributed by atoms with Gasteiger partial charge in [0.1, 0.15) is 17.5 Å². The molecule has 0 bridgehead atoms. The van der Waals surface area contributed by atoms with Crippen molar-refractivity contribution in [3.8, 4) is 0 Å². The van der Waals surface area contributed by atoms with Crippen LogP contribution in [-0.2, 0) is 26.0 Å². The molecule has 1 saturated carbocycles. The summed E-state index contributed by atoms with van der Waals surface area (Å²) in [6, 6.07) is 14.9. The van der Waals surface area contributed by atoms with Crippen molar-refractivity contribution in [3.63, 3.8) is 0 Å². The molecule has 1 heterocycles. The number of nitrogens with one attached hydrogen (secondary N) is 1. The summed E-state index contributed by atoms with van der Waals surface area (Å²) in [6.45, 7) is 1.42. The number of nitrogens with zero attached hydrogens (tertiary/aromatic N) is 2. The van der Waals surface area contributed by atoms with Gasteiger partial charge in [-0.25, -0.2) is 12.7 Å². The van der Waals surface area contributed by atoms with Crippen LogP contribution in [0, 0.1) is 0 Å². The predicted octanol–water partition coefficient (Wildman–Crippen LogP) is 2.74. The largest absolute Gasteiger partial charge is 0.352 e. The molecule has 1 aliphatic carbocycles. The van der Waals surface area contributed by atoms with Crippen molar-refractivity contribution in [2.24, 2.45) is 0 Å². The van der Waals surface area contributed by atoms with Gasteiger partial charge in [0.15, 0.2) is 0 Å². The van der Waals surface area contributed by atoms with Crippen molar-refractivity contribution in [1.29, 1.82) is 0 Å². The van der Waals surface area contributed by atoms with Gasteiger partial charge in [-0.15, -0.1) is 0 Å². The molecule has 1 N–H and O–H groups in total. The minimum Gasteiger partial charge on any atom is -0.352 e. The van der Waals surface area contributed by atoms with Gasteiger partial charge < -0.3 is 10.2 Å². The van der Waals surface area contributed by atoms with E-state index < -0.39 is 34.4 Å². The van der Waals surface area contributed by atoms with E-state index in [-0.39, 0.29) is 29.0 Å². The summed E-state index contributed by atoms with van der Waals surface area (Å²) in [4.78, 5) is 40.9. The first-order valence-corrected chi connectivity index (χ1v) is 13.6. The summed E-state index contributed by atoms with van der Waals surface area (Å²) >= 11 is 0. The Kier molecular flexibility index (Phi) is 7.54. The third kappa shape index (κ3) is 5.24. The standard InChI is InChI=1S/C26H31N3O5S/c1-2-22(25(31)27-20-12-6-7-13-20)28(17-16-19-10-4-3-5-11-19)24(30)18-29-26(32)21-14-8-9-15-23(21)35(29,33)34/h3-5,8-11,14-15,20,22H,2,6-7,12-13,16-18H2,1H3,(H,27,31). The molecule has 3 amide bonds. The molecule has 0 spiro atoms. The highest BCUT2D eigenvalue weighted by Crippen LogP contribution is 2.30. The summed E-state index contributed by atoms with van der Waals surface area (Å²) in [7, 11) is -4.13. The maximum atomic E-state index is 13.5. The second-order valence-electron chi connectivity index (χ2n) is 9.05. The summed E-state index contributed by atoms with van der Waals surface area (Å²) in [5, 5.41) is 3.06. The first-order valence-electron chi connectivity index (χ1n) is 12.1. The van der Waals surface area contributed by atoms with Gasteiger partial charge in [-0.1, -0.05) is 62.2 Å². The van der Waals surface area contributed by atoms with Crippen LogP contribution in [0.15, 0.2) is 59.5 Å². The van der Waals surface area contributed by atoms with Crippen LogP contribution in [0.4, 0.5) is 0 Å². The minimum absolute atomic E-state index is 0.0575. The SMILES string of the molecule is CCC(C(=O)NC1CCCC1)N(CCc1ccccc1)C(=O)CN1C(=O)c2ccccc2S1(=O)=O. The van der Waals surface area contributed by atoms with Crippen molar-refractivity contribution in [3.05, 3.63) is 65.7 Å². The van der Waals surface area contributed by atoms with Crippen LogP contribution >= 0.6 is 0 Å². The van der Waals surface area contributed by atoms with Gasteiger partial charge in [0.2, 0.25) is 11.8 Å². The normalized spacial score (nSPS) is 17.7. The third-order valence-corrected chi connectivity index (χ3v) is 8.55. The molecule has 0 radical (unpaired) electrons. The quantitative estimate of drug-likeness (QED) is 0.574. The van der Waals surface area contributed by atoms with Crippen molar-refractivity contribution < 1.29 is 22.8 Å². The van der Waals surface area contributed by atoms with Crippen LogP contribution in [-0.4, -0.2) is 60.5 Å². The molecule has 4 rings (SSSR count). The van der Waals surface area contributed by atoms with E-state index in [0.717, 1.165) is 31.2 Å². The van der Waals surface area contributed by atoms with Gasteiger partial charge in [-0.05, 0) is 43.4 Å². The molecule has 2 aliphatic rings. The van der Waals surface area contributed by atoms with Crippen LogP contribution in [0.3, 0.4) is 0 Å². The van der Waals surface area contributed by atoms with Crippen LogP contribution in [0.25, 0.3) is 0 Å². The monoisotopic (exact) mass is 497 g/mol. The average Bonchev–Trinajstić information content (AvgIpc) is 3.43. The number of carbonyl (C=O) groups is 3. The van der Waals surface area contributed by atoms with Gasteiger partial charge in [-0.2, -0.15) is 0 Å². The zero-order valence-electron chi connectivity index (χ0n) is 19.9. The lowest BCUT2D eigenvalue weighted by molar-refractivity contribution is -0.140. The van der Waals surface area contributed by atoms with Crippen molar-refractivity contribution in [1.82, 2.24) is 14.5 Å². The second kappa shape index (κ2) is 10.6. The molecule has 1 fully saturated rings. The van der Waals surface area contributed by atoms with E-state index in [9.17, 15) is 22.8 Å². The Bertz CT molecular complexity index is 1190. The molecule has 1 atom stereocenters. The Morgan fingerprint density at radius 2 is 1.71 bits per heavy atom. The highest BCUT2D eigenvalue weighted by Gasteiger charge is 2.43. The summed E-state index contributed by atoms with van der Waals surface area (Å²) in [5.74, 6) is -1.53. The number of hydrogen-bond donors (Lipinski definition) is 1. The van der Waals surface area contributed by atoms with E-state index in [1.165, 1.54) is 17.0 Å². The van der Waals surface area contributed by atoms with Gasteiger partial charge in [-0.3, -0.25) is 14.4 Å². The maximum absolute atomic E-state index is 13.5. The molecule has 35 heavy (non-hydrogen) atoms. The van der Waals surface area contributed by atoms with Crippen molar-refractivity contribution in [2.45, 2.75) is 62.4 Å². The van der Waals surface area contributed by atoms with E-state index in [1.807, 2.05) is 37.3 Å². The Morgan fingerprint density at radius 1 is 1.06 bits per heavy atom. The fraction of sp³-hybridized carbons (Fsp3) is 0.423. The third-order valence-electron chi connectivity index (χ3n) is 6.76. The molecule has 1 unspecified atom stereocenters. The molecule has 8 nitrogen and oxygen atoms in total. The van der Waals surface area contributed by atoms with Gasteiger partial charge in [0.25, 0.3) is 15.9 Å². The number of sulfonamides is 1. The molecule has 2 aromatic rings. The van der Waals surface area contributed by atoms with Gasteiger partial charge >= 0.3 is 0 Å². The van der Waals surface area contributed by atoms with Crippen LogP contribution in [0.1, 0.15) is 54.9 Å². The van der Waals surface area contributed by atoms with Crippen LogP contribution in [0.5, 0.6) is 0 Å². The Hall–Kier alpha value is -3.20. The van der Waals surface area contributed by atoms with Crippen LogP contribution in [0.2, 0.25) is 0 Å². The highest BCUT2D eigenvalue weighted by molar-refractivity contribution is 7.90. The number of hydrogen-bond acceptors (Lipinski definition) is 5. The molecule has 1 aliphatic heterocycles. The minimum atomic E-state index is -4.13.